The molecule has 45 heavy (non-hydrogen) atoms. The molecule has 2 aromatic carbocycles. The minimum atomic E-state index is -0.454. The van der Waals surface area contributed by atoms with Crippen molar-refractivity contribution < 1.29 is 57.1 Å². The van der Waals surface area contributed by atoms with Crippen LogP contribution in [0.3, 0.4) is 0 Å². The summed E-state index contributed by atoms with van der Waals surface area (Å²) in [5.74, 6) is 1.25. The molecular weight excluding hydrogens is 594 g/mol. The molecule has 252 valence electrons. The SMILES string of the molecule is O=Cc1ccc(OCCOCCOCCOCCOCCOCCOCCOCCOCCOc2ccc([N+](=O)[O-])cc2)cc1. The van der Waals surface area contributed by atoms with Gasteiger partial charge >= 0.3 is 0 Å². The number of carbonyl (C=O) groups excluding carboxylic acids is 1. The lowest BCUT2D eigenvalue weighted by atomic mass is 10.2. The number of non-ortho nitro benzene ring substituents is 1. The predicted octanol–water partition coefficient (Wildman–Crippen LogP) is 3.00. The van der Waals surface area contributed by atoms with Gasteiger partial charge in [-0.15, -0.1) is 0 Å². The molecular formula is C31H45NO13. The quantitative estimate of drug-likeness (QED) is 0.0515. The van der Waals surface area contributed by atoms with Crippen molar-refractivity contribution in [2.45, 2.75) is 0 Å². The highest BCUT2D eigenvalue weighted by molar-refractivity contribution is 5.74. The van der Waals surface area contributed by atoms with Crippen molar-refractivity contribution in [1.82, 2.24) is 0 Å². The van der Waals surface area contributed by atoms with Gasteiger partial charge in [-0.2, -0.15) is 0 Å². The van der Waals surface area contributed by atoms with Gasteiger partial charge in [-0.1, -0.05) is 0 Å². The second kappa shape index (κ2) is 27.1. The minimum absolute atomic E-state index is 0.0231. The molecule has 0 aliphatic heterocycles. The van der Waals surface area contributed by atoms with E-state index < -0.39 is 4.92 Å². The average molecular weight is 640 g/mol. The number of carbonyl (C=O) groups is 1. The van der Waals surface area contributed by atoms with E-state index in [1.807, 2.05) is 0 Å². The van der Waals surface area contributed by atoms with Gasteiger partial charge in [0.05, 0.1) is 111 Å². The Bertz CT molecular complexity index is 992. The zero-order chi connectivity index (χ0) is 32.0. The van der Waals surface area contributed by atoms with Gasteiger partial charge in [0.15, 0.2) is 0 Å². The van der Waals surface area contributed by atoms with Crippen LogP contribution in [0.15, 0.2) is 48.5 Å². The fourth-order valence-electron chi connectivity index (χ4n) is 3.39. The third-order valence-corrected chi connectivity index (χ3v) is 5.66. The van der Waals surface area contributed by atoms with Crippen LogP contribution < -0.4 is 9.47 Å². The zero-order valence-corrected chi connectivity index (χ0v) is 25.7. The van der Waals surface area contributed by atoms with Gasteiger partial charge in [0.1, 0.15) is 31.0 Å². The molecule has 2 aromatic rings. The highest BCUT2D eigenvalue weighted by atomic mass is 16.6. The Morgan fingerprint density at radius 2 is 0.711 bits per heavy atom. The minimum Gasteiger partial charge on any atom is -0.491 e. The van der Waals surface area contributed by atoms with Gasteiger partial charge in [0.25, 0.3) is 5.69 Å². The van der Waals surface area contributed by atoms with Crippen LogP contribution in [0.1, 0.15) is 10.4 Å². The summed E-state index contributed by atoms with van der Waals surface area (Å²) in [6.07, 6.45) is 0.792. The lowest BCUT2D eigenvalue weighted by Gasteiger charge is -2.09. The molecule has 0 N–H and O–H groups in total. The second-order valence-corrected chi connectivity index (χ2v) is 9.03. The Kier molecular flexibility index (Phi) is 22.9. The van der Waals surface area contributed by atoms with Gasteiger partial charge < -0.3 is 47.4 Å². The number of ether oxygens (including phenoxy) is 10. The predicted molar refractivity (Wildman–Crippen MR) is 162 cm³/mol. The molecule has 0 bridgehead atoms. The maximum absolute atomic E-state index is 10.6. The van der Waals surface area contributed by atoms with E-state index in [1.165, 1.54) is 12.1 Å². The molecule has 0 spiro atoms. The molecule has 14 nitrogen and oxygen atoms in total. The van der Waals surface area contributed by atoms with Crippen LogP contribution in [0.2, 0.25) is 0 Å². The molecule has 0 radical (unpaired) electrons. The van der Waals surface area contributed by atoms with Crippen LogP contribution in [-0.4, -0.2) is 130 Å². The molecule has 0 aliphatic rings. The van der Waals surface area contributed by atoms with E-state index in [4.69, 9.17) is 47.4 Å². The molecule has 0 saturated carbocycles. The van der Waals surface area contributed by atoms with Crippen molar-refractivity contribution >= 4 is 12.0 Å². The van der Waals surface area contributed by atoms with Gasteiger partial charge in [-0.25, -0.2) is 0 Å². The average Bonchev–Trinajstić information content (AvgIpc) is 3.06. The van der Waals surface area contributed by atoms with E-state index in [-0.39, 0.29) is 5.69 Å². The summed E-state index contributed by atoms with van der Waals surface area (Å²) in [7, 11) is 0. The first kappa shape index (κ1) is 38.0. The van der Waals surface area contributed by atoms with E-state index in [0.717, 1.165) is 6.29 Å². The highest BCUT2D eigenvalue weighted by Gasteiger charge is 2.04. The number of hydrogen-bond acceptors (Lipinski definition) is 13. The van der Waals surface area contributed by atoms with Gasteiger partial charge in [0, 0.05) is 17.7 Å². The van der Waals surface area contributed by atoms with Crippen LogP contribution in [0, 0.1) is 10.1 Å². The maximum Gasteiger partial charge on any atom is 0.269 e. The zero-order valence-electron chi connectivity index (χ0n) is 25.7. The fourth-order valence-corrected chi connectivity index (χ4v) is 3.39. The summed E-state index contributed by atoms with van der Waals surface area (Å²) in [6.45, 7) is 8.18. The molecule has 0 atom stereocenters. The molecule has 14 heteroatoms. The van der Waals surface area contributed by atoms with Crippen molar-refractivity contribution in [2.75, 3.05) is 119 Å². The van der Waals surface area contributed by atoms with E-state index in [2.05, 4.69) is 0 Å². The lowest BCUT2D eigenvalue weighted by Crippen LogP contribution is -2.15. The Balaban J connectivity index is 1.19. The molecule has 0 unspecified atom stereocenters. The van der Waals surface area contributed by atoms with Crippen molar-refractivity contribution in [3.05, 3.63) is 64.2 Å². The molecule has 0 amide bonds. The Morgan fingerprint density at radius 1 is 0.444 bits per heavy atom. The molecule has 0 saturated heterocycles. The molecule has 2 rings (SSSR count). The largest absolute Gasteiger partial charge is 0.491 e. The first-order chi connectivity index (χ1) is 22.2. The molecule has 0 fully saturated rings. The first-order valence-electron chi connectivity index (χ1n) is 14.9. The third kappa shape index (κ3) is 21.2. The van der Waals surface area contributed by atoms with Gasteiger partial charge in [0.2, 0.25) is 0 Å². The number of nitrogens with zero attached hydrogens (tertiary/aromatic N) is 1. The van der Waals surface area contributed by atoms with E-state index in [0.29, 0.717) is 136 Å². The van der Waals surface area contributed by atoms with Crippen molar-refractivity contribution in [1.29, 1.82) is 0 Å². The van der Waals surface area contributed by atoms with Gasteiger partial charge in [-0.05, 0) is 36.4 Å². The fraction of sp³-hybridized carbons (Fsp3) is 0.581. The van der Waals surface area contributed by atoms with E-state index in [1.54, 1.807) is 36.4 Å². The smallest absolute Gasteiger partial charge is 0.269 e. The normalized spacial score (nSPS) is 11.0. The lowest BCUT2D eigenvalue weighted by molar-refractivity contribution is -0.384. The first-order valence-corrected chi connectivity index (χ1v) is 14.9. The standard InChI is InChI=1S/C31H45NO13/c33-27-28-1-5-30(6-2-28)44-25-23-42-21-19-40-17-15-38-13-11-36-9-10-37-12-14-39-16-18-41-20-22-43-24-26-45-31-7-3-29(4-8-31)32(34)35/h1-8,27H,9-26H2. The van der Waals surface area contributed by atoms with Crippen molar-refractivity contribution in [3.8, 4) is 11.5 Å². The number of rotatable bonds is 31. The summed E-state index contributed by atoms with van der Waals surface area (Å²) >= 11 is 0. The third-order valence-electron chi connectivity index (χ3n) is 5.66. The van der Waals surface area contributed by atoms with Crippen LogP contribution in [0.5, 0.6) is 11.5 Å². The molecule has 0 aromatic heterocycles. The van der Waals surface area contributed by atoms with Crippen LogP contribution in [0.4, 0.5) is 5.69 Å². The Morgan fingerprint density at radius 3 is 0.978 bits per heavy atom. The number of nitro benzene ring substituents is 1. The topological polar surface area (TPSA) is 153 Å². The Hall–Kier alpha value is -3.21. The number of hydrogen-bond donors (Lipinski definition) is 0. The van der Waals surface area contributed by atoms with Crippen LogP contribution in [0.25, 0.3) is 0 Å². The number of benzene rings is 2. The van der Waals surface area contributed by atoms with Gasteiger partial charge in [-0.3, -0.25) is 14.9 Å². The summed E-state index contributed by atoms with van der Waals surface area (Å²) < 4.78 is 54.6. The number of aldehydes is 1. The maximum atomic E-state index is 10.6. The highest BCUT2D eigenvalue weighted by Crippen LogP contribution is 2.17. The van der Waals surface area contributed by atoms with Crippen LogP contribution in [-0.2, 0) is 37.9 Å². The van der Waals surface area contributed by atoms with E-state index >= 15 is 0 Å². The summed E-state index contributed by atoms with van der Waals surface area (Å²) in [4.78, 5) is 20.8. The van der Waals surface area contributed by atoms with Crippen molar-refractivity contribution in [2.24, 2.45) is 0 Å². The summed E-state index contributed by atoms with van der Waals surface area (Å²) in [5, 5.41) is 10.6. The second-order valence-electron chi connectivity index (χ2n) is 9.03. The number of nitro groups is 1. The van der Waals surface area contributed by atoms with E-state index in [9.17, 15) is 14.9 Å². The summed E-state index contributed by atoms with van der Waals surface area (Å²) in [6, 6.07) is 12.8. The van der Waals surface area contributed by atoms with Crippen LogP contribution >= 0.6 is 0 Å². The van der Waals surface area contributed by atoms with Crippen molar-refractivity contribution in [3.63, 3.8) is 0 Å². The molecule has 0 heterocycles. The Labute approximate surface area is 263 Å². The monoisotopic (exact) mass is 639 g/mol. The molecule has 0 aliphatic carbocycles. The summed E-state index contributed by atoms with van der Waals surface area (Å²) in [5.41, 5.74) is 0.635.